The average molecular weight is 280 g/mol. The van der Waals surface area contributed by atoms with E-state index in [1.165, 1.54) is 0 Å². The van der Waals surface area contributed by atoms with Crippen molar-refractivity contribution in [3.8, 4) is 11.5 Å². The molecule has 2 aromatic carbocycles. The third-order valence-corrected chi connectivity index (χ3v) is 3.56. The van der Waals surface area contributed by atoms with Gasteiger partial charge in [0.2, 0.25) is 0 Å². The van der Waals surface area contributed by atoms with E-state index in [9.17, 15) is 9.90 Å². The summed E-state index contributed by atoms with van der Waals surface area (Å²) in [5.41, 5.74) is 4.03. The zero-order chi connectivity index (χ0) is 15.0. The molecule has 0 spiro atoms. The molecule has 3 heteroatoms. The molecule has 0 aromatic heterocycles. The van der Waals surface area contributed by atoms with Crippen LogP contribution in [0.2, 0.25) is 0 Å². The third kappa shape index (κ3) is 2.55. The summed E-state index contributed by atoms with van der Waals surface area (Å²) in [5.74, 6) is 0.836. The van der Waals surface area contributed by atoms with Crippen molar-refractivity contribution in [1.82, 2.24) is 0 Å². The Kier molecular flexibility index (Phi) is 3.26. The lowest BCUT2D eigenvalue weighted by molar-refractivity contribution is 0.1000. The van der Waals surface area contributed by atoms with Crippen molar-refractivity contribution < 1.29 is 14.6 Å². The Balaban J connectivity index is 2.03. The first-order valence-electron chi connectivity index (χ1n) is 6.83. The Hall–Kier alpha value is -2.55. The Bertz CT molecular complexity index is 757. The Morgan fingerprint density at radius 1 is 1.19 bits per heavy atom. The average Bonchev–Trinajstić information content (AvgIpc) is 2.41. The van der Waals surface area contributed by atoms with Gasteiger partial charge in [0.1, 0.15) is 18.1 Å². The van der Waals surface area contributed by atoms with E-state index >= 15 is 0 Å². The van der Waals surface area contributed by atoms with Gasteiger partial charge in [-0.3, -0.25) is 4.79 Å². The molecule has 1 heterocycles. The molecule has 0 saturated heterocycles. The number of carbonyl (C=O) groups is 1. The summed E-state index contributed by atoms with van der Waals surface area (Å²) >= 11 is 0. The van der Waals surface area contributed by atoms with Crippen LogP contribution in [-0.2, 0) is 0 Å². The van der Waals surface area contributed by atoms with Gasteiger partial charge in [-0.2, -0.15) is 0 Å². The molecule has 2 aromatic rings. The monoisotopic (exact) mass is 280 g/mol. The largest absolute Gasteiger partial charge is 0.508 e. The molecule has 1 N–H and O–H groups in total. The van der Waals surface area contributed by atoms with Crippen molar-refractivity contribution in [3.05, 3.63) is 64.2 Å². The molecule has 0 unspecified atom stereocenters. The van der Waals surface area contributed by atoms with Crippen LogP contribution in [0, 0.1) is 13.8 Å². The number of hydrogen-bond acceptors (Lipinski definition) is 3. The van der Waals surface area contributed by atoms with Crippen LogP contribution in [0.1, 0.15) is 27.0 Å². The van der Waals surface area contributed by atoms with Gasteiger partial charge in [-0.1, -0.05) is 18.2 Å². The van der Waals surface area contributed by atoms with E-state index in [0.29, 0.717) is 16.9 Å². The molecule has 0 saturated carbocycles. The Morgan fingerprint density at radius 2 is 2.00 bits per heavy atom. The van der Waals surface area contributed by atoms with Gasteiger partial charge in [-0.25, -0.2) is 0 Å². The van der Waals surface area contributed by atoms with Gasteiger partial charge in [0.05, 0.1) is 5.56 Å². The molecule has 0 amide bonds. The minimum absolute atomic E-state index is 0.00269. The Morgan fingerprint density at radius 3 is 2.76 bits per heavy atom. The van der Waals surface area contributed by atoms with Crippen LogP contribution in [0.25, 0.3) is 6.08 Å². The first kappa shape index (κ1) is 13.4. The highest BCUT2D eigenvalue weighted by Gasteiger charge is 2.25. The summed E-state index contributed by atoms with van der Waals surface area (Å²) in [6.07, 6.45) is 1.77. The minimum atomic E-state index is -0.00269. The smallest absolute Gasteiger partial charge is 0.196 e. The molecule has 0 atom stereocenters. The lowest BCUT2D eigenvalue weighted by atomic mass is 9.93. The Labute approximate surface area is 123 Å². The zero-order valence-corrected chi connectivity index (χ0v) is 12.0. The summed E-state index contributed by atoms with van der Waals surface area (Å²) in [7, 11) is 0. The summed E-state index contributed by atoms with van der Waals surface area (Å²) < 4.78 is 5.72. The van der Waals surface area contributed by atoms with Crippen molar-refractivity contribution in [1.29, 1.82) is 0 Å². The highest BCUT2D eigenvalue weighted by molar-refractivity contribution is 6.14. The van der Waals surface area contributed by atoms with Gasteiger partial charge >= 0.3 is 0 Å². The molecular weight excluding hydrogens is 264 g/mol. The fourth-order valence-corrected chi connectivity index (χ4v) is 2.64. The molecule has 3 rings (SSSR count). The van der Waals surface area contributed by atoms with Crippen LogP contribution in [0.3, 0.4) is 0 Å². The first-order chi connectivity index (χ1) is 10.0. The predicted octanol–water partition coefficient (Wildman–Crippen LogP) is 3.67. The maximum atomic E-state index is 12.6. The molecule has 0 fully saturated rings. The minimum Gasteiger partial charge on any atom is -0.508 e. The molecule has 1 aliphatic heterocycles. The van der Waals surface area contributed by atoms with E-state index in [-0.39, 0.29) is 18.1 Å². The fourth-order valence-electron chi connectivity index (χ4n) is 2.64. The van der Waals surface area contributed by atoms with Gasteiger partial charge in [0.25, 0.3) is 0 Å². The third-order valence-electron chi connectivity index (χ3n) is 3.56. The van der Waals surface area contributed by atoms with Crippen LogP contribution >= 0.6 is 0 Å². The highest BCUT2D eigenvalue weighted by atomic mass is 16.5. The lowest BCUT2D eigenvalue weighted by Gasteiger charge is -2.21. The fraction of sp³-hybridized carbons (Fsp3) is 0.167. The van der Waals surface area contributed by atoms with Crippen molar-refractivity contribution in [2.24, 2.45) is 0 Å². The predicted molar refractivity (Wildman–Crippen MR) is 81.8 cm³/mol. The summed E-state index contributed by atoms with van der Waals surface area (Å²) in [6, 6.07) is 10.7. The van der Waals surface area contributed by atoms with Gasteiger partial charge in [-0.05, 0) is 54.8 Å². The number of carbonyl (C=O) groups excluding carboxylic acids is 1. The van der Waals surface area contributed by atoms with Gasteiger partial charge < -0.3 is 9.84 Å². The van der Waals surface area contributed by atoms with Crippen LogP contribution in [0.15, 0.2) is 42.0 Å². The molecule has 0 aliphatic carbocycles. The first-order valence-corrected chi connectivity index (χ1v) is 6.83. The number of aromatic hydroxyl groups is 1. The van der Waals surface area contributed by atoms with Gasteiger partial charge in [0.15, 0.2) is 5.78 Å². The maximum Gasteiger partial charge on any atom is 0.196 e. The van der Waals surface area contributed by atoms with Crippen LogP contribution < -0.4 is 4.74 Å². The maximum absolute atomic E-state index is 12.6. The highest BCUT2D eigenvalue weighted by Crippen LogP contribution is 2.31. The van der Waals surface area contributed by atoms with E-state index in [2.05, 4.69) is 0 Å². The van der Waals surface area contributed by atoms with Gasteiger partial charge in [0, 0.05) is 5.57 Å². The second-order valence-electron chi connectivity index (χ2n) is 5.34. The lowest BCUT2D eigenvalue weighted by Crippen LogP contribution is -2.20. The van der Waals surface area contributed by atoms with Crippen molar-refractivity contribution in [2.75, 3.05) is 6.61 Å². The van der Waals surface area contributed by atoms with E-state index in [0.717, 1.165) is 16.7 Å². The number of fused-ring (bicyclic) bond motifs is 1. The summed E-state index contributed by atoms with van der Waals surface area (Å²) in [4.78, 5) is 12.6. The number of Topliss-reactive ketones (excluding diaryl/α,β-unsaturated/α-hetero) is 1. The number of hydrogen-bond donors (Lipinski definition) is 1. The number of ketones is 1. The number of ether oxygens (including phenoxy) is 1. The normalized spacial score (nSPS) is 15.7. The molecular formula is C18H16O3. The summed E-state index contributed by atoms with van der Waals surface area (Å²) in [6.45, 7) is 4.16. The van der Waals surface area contributed by atoms with Crippen molar-refractivity contribution in [3.63, 3.8) is 0 Å². The quantitative estimate of drug-likeness (QED) is 0.811. The number of rotatable bonds is 1. The number of phenols is 1. The topological polar surface area (TPSA) is 46.5 Å². The molecule has 1 aliphatic rings. The van der Waals surface area contributed by atoms with Crippen LogP contribution in [0.5, 0.6) is 11.5 Å². The number of phenolic OH excluding ortho intramolecular Hbond substituents is 1. The molecule has 0 bridgehead atoms. The molecule has 3 nitrogen and oxygen atoms in total. The zero-order valence-electron chi connectivity index (χ0n) is 12.0. The summed E-state index contributed by atoms with van der Waals surface area (Å²) in [5, 5.41) is 9.50. The second kappa shape index (κ2) is 5.09. The molecule has 106 valence electrons. The van der Waals surface area contributed by atoms with Gasteiger partial charge in [-0.15, -0.1) is 0 Å². The molecule has 21 heavy (non-hydrogen) atoms. The van der Waals surface area contributed by atoms with Crippen molar-refractivity contribution >= 4 is 11.9 Å². The van der Waals surface area contributed by atoms with Crippen LogP contribution in [-0.4, -0.2) is 17.5 Å². The van der Waals surface area contributed by atoms with E-state index in [4.69, 9.17) is 4.74 Å². The SMILES string of the molecule is Cc1cc(C)c2c(c1)OC/C(=C\c1cccc(O)c1)C2=O. The van der Waals surface area contributed by atoms with E-state index < -0.39 is 0 Å². The van der Waals surface area contributed by atoms with E-state index in [1.807, 2.05) is 32.0 Å². The van der Waals surface area contributed by atoms with Crippen LogP contribution in [0.4, 0.5) is 0 Å². The number of aryl methyl sites for hydroxylation is 2. The van der Waals surface area contributed by atoms with E-state index in [1.54, 1.807) is 24.3 Å². The number of benzene rings is 2. The van der Waals surface area contributed by atoms with Crippen molar-refractivity contribution in [2.45, 2.75) is 13.8 Å². The second-order valence-corrected chi connectivity index (χ2v) is 5.34. The standard InChI is InChI=1S/C18H16O3/c1-11-6-12(2)17-16(7-11)21-10-14(18(17)20)8-13-4-3-5-15(19)9-13/h3-9,19H,10H2,1-2H3/b14-8+. The molecule has 0 radical (unpaired) electrons.